The normalized spacial score (nSPS) is 19.1. The number of amides is 1. The summed E-state index contributed by atoms with van der Waals surface area (Å²) in [5.41, 5.74) is 5.63. The van der Waals surface area contributed by atoms with Crippen molar-refractivity contribution in [3.05, 3.63) is 11.6 Å². The molecule has 4 nitrogen and oxygen atoms in total. The Kier molecular flexibility index (Phi) is 3.41. The first-order valence-electron chi connectivity index (χ1n) is 4.57. The van der Waals surface area contributed by atoms with E-state index < -0.39 is 11.8 Å². The number of ketones is 1. The SMILES string of the molecule is N#CC(C(N)=O)C1=CC(=O)CCCC1. The summed E-state index contributed by atoms with van der Waals surface area (Å²) >= 11 is 0. The van der Waals surface area contributed by atoms with Gasteiger partial charge < -0.3 is 5.73 Å². The molecule has 0 aromatic heterocycles. The third-order valence-corrected chi connectivity index (χ3v) is 2.27. The molecule has 74 valence electrons. The van der Waals surface area contributed by atoms with E-state index in [2.05, 4.69) is 0 Å². The van der Waals surface area contributed by atoms with Gasteiger partial charge >= 0.3 is 0 Å². The van der Waals surface area contributed by atoms with Gasteiger partial charge in [-0.15, -0.1) is 0 Å². The fraction of sp³-hybridized carbons (Fsp3) is 0.500. The van der Waals surface area contributed by atoms with Gasteiger partial charge in [0.05, 0.1) is 6.07 Å². The van der Waals surface area contributed by atoms with Gasteiger partial charge in [-0.1, -0.05) is 0 Å². The molecule has 0 bridgehead atoms. The van der Waals surface area contributed by atoms with Crippen LogP contribution in [0, 0.1) is 17.2 Å². The van der Waals surface area contributed by atoms with Gasteiger partial charge in [-0.3, -0.25) is 9.59 Å². The van der Waals surface area contributed by atoms with Gasteiger partial charge in [-0.25, -0.2) is 0 Å². The Balaban J connectivity index is 2.88. The second-order valence-corrected chi connectivity index (χ2v) is 3.36. The van der Waals surface area contributed by atoms with Gasteiger partial charge in [0.2, 0.25) is 5.91 Å². The highest BCUT2D eigenvalue weighted by molar-refractivity contribution is 5.92. The second-order valence-electron chi connectivity index (χ2n) is 3.36. The molecule has 2 N–H and O–H groups in total. The Morgan fingerprint density at radius 1 is 1.50 bits per heavy atom. The molecule has 1 atom stereocenters. The van der Waals surface area contributed by atoms with Crippen molar-refractivity contribution in [2.75, 3.05) is 0 Å². The maximum Gasteiger partial charge on any atom is 0.238 e. The van der Waals surface area contributed by atoms with Crippen molar-refractivity contribution in [1.82, 2.24) is 0 Å². The zero-order valence-electron chi connectivity index (χ0n) is 7.82. The molecule has 0 heterocycles. The minimum atomic E-state index is -0.933. The van der Waals surface area contributed by atoms with Crippen LogP contribution in [-0.2, 0) is 9.59 Å². The second kappa shape index (κ2) is 4.56. The maximum absolute atomic E-state index is 11.2. The summed E-state index contributed by atoms with van der Waals surface area (Å²) in [5, 5.41) is 8.72. The molecule has 0 fully saturated rings. The van der Waals surface area contributed by atoms with Crippen molar-refractivity contribution in [2.45, 2.75) is 25.7 Å². The molecule has 1 aliphatic rings. The molecule has 1 amide bonds. The zero-order chi connectivity index (χ0) is 10.6. The number of carbonyl (C=O) groups is 2. The molecular weight excluding hydrogens is 180 g/mol. The Labute approximate surface area is 82.4 Å². The molecule has 4 heteroatoms. The molecular formula is C10H12N2O2. The van der Waals surface area contributed by atoms with Gasteiger partial charge in [0.15, 0.2) is 5.78 Å². The minimum absolute atomic E-state index is 0.0148. The fourth-order valence-corrected chi connectivity index (χ4v) is 1.54. The highest BCUT2D eigenvalue weighted by atomic mass is 16.1. The monoisotopic (exact) mass is 192 g/mol. The average Bonchev–Trinajstić information content (AvgIpc) is 2.31. The van der Waals surface area contributed by atoms with Crippen molar-refractivity contribution in [1.29, 1.82) is 5.26 Å². The summed E-state index contributed by atoms with van der Waals surface area (Å²) in [5.74, 6) is -1.62. The van der Waals surface area contributed by atoms with Crippen LogP contribution in [0.2, 0.25) is 0 Å². The summed E-state index contributed by atoms with van der Waals surface area (Å²) in [6.07, 6.45) is 4.18. The molecule has 0 aromatic rings. The highest BCUT2D eigenvalue weighted by Crippen LogP contribution is 2.21. The fourth-order valence-electron chi connectivity index (χ4n) is 1.54. The van der Waals surface area contributed by atoms with E-state index in [1.165, 1.54) is 6.08 Å². The predicted octanol–water partition coefficient (Wildman–Crippen LogP) is 0.681. The van der Waals surface area contributed by atoms with Crippen molar-refractivity contribution in [2.24, 2.45) is 11.7 Å². The van der Waals surface area contributed by atoms with Crippen molar-refractivity contribution >= 4 is 11.7 Å². The Morgan fingerprint density at radius 2 is 2.14 bits per heavy atom. The maximum atomic E-state index is 11.2. The zero-order valence-corrected chi connectivity index (χ0v) is 7.82. The van der Waals surface area contributed by atoms with Crippen molar-refractivity contribution < 1.29 is 9.59 Å². The quantitative estimate of drug-likeness (QED) is 0.698. The molecule has 1 aliphatic carbocycles. The molecule has 0 saturated carbocycles. The van der Waals surface area contributed by atoms with Gasteiger partial charge in [0, 0.05) is 6.42 Å². The van der Waals surface area contributed by atoms with Crippen LogP contribution in [0.15, 0.2) is 11.6 Å². The summed E-state index contributed by atoms with van der Waals surface area (Å²) in [6.45, 7) is 0. The number of carbonyl (C=O) groups excluding carboxylic acids is 2. The van der Waals surface area contributed by atoms with E-state index in [-0.39, 0.29) is 5.78 Å². The first kappa shape index (κ1) is 10.5. The Morgan fingerprint density at radius 3 is 2.71 bits per heavy atom. The standard InChI is InChI=1S/C10H12N2O2/c11-6-9(10(12)14)7-3-1-2-4-8(13)5-7/h5,9H,1-4H2,(H2,12,14). The largest absolute Gasteiger partial charge is 0.368 e. The highest BCUT2D eigenvalue weighted by Gasteiger charge is 2.21. The molecule has 0 radical (unpaired) electrons. The lowest BCUT2D eigenvalue weighted by Gasteiger charge is -2.07. The molecule has 0 spiro atoms. The number of primary amides is 1. The van der Waals surface area contributed by atoms with Gasteiger partial charge in [-0.2, -0.15) is 5.26 Å². The van der Waals surface area contributed by atoms with E-state index in [9.17, 15) is 9.59 Å². The van der Waals surface area contributed by atoms with Gasteiger partial charge in [0.1, 0.15) is 5.92 Å². The molecule has 0 saturated heterocycles. The minimum Gasteiger partial charge on any atom is -0.368 e. The van der Waals surface area contributed by atoms with Crippen LogP contribution in [0.1, 0.15) is 25.7 Å². The van der Waals surface area contributed by atoms with Crippen LogP contribution in [-0.4, -0.2) is 11.7 Å². The number of allylic oxidation sites excluding steroid dienone is 1. The third-order valence-electron chi connectivity index (χ3n) is 2.27. The number of hydrogen-bond donors (Lipinski definition) is 1. The van der Waals surface area contributed by atoms with E-state index >= 15 is 0 Å². The summed E-state index contributed by atoms with van der Waals surface area (Å²) in [7, 11) is 0. The van der Waals surface area contributed by atoms with Gasteiger partial charge in [0.25, 0.3) is 0 Å². The molecule has 14 heavy (non-hydrogen) atoms. The van der Waals surface area contributed by atoms with E-state index in [4.69, 9.17) is 11.0 Å². The average molecular weight is 192 g/mol. The molecule has 0 aromatic carbocycles. The Bertz CT molecular complexity index is 326. The van der Waals surface area contributed by atoms with Crippen LogP contribution in [0.3, 0.4) is 0 Å². The third kappa shape index (κ3) is 2.43. The molecule has 1 unspecified atom stereocenters. The molecule has 1 rings (SSSR count). The van der Waals surface area contributed by atoms with Crippen LogP contribution < -0.4 is 5.73 Å². The first-order chi connectivity index (χ1) is 6.65. The topological polar surface area (TPSA) is 83.9 Å². The van der Waals surface area contributed by atoms with Crippen molar-refractivity contribution in [3.8, 4) is 6.07 Å². The van der Waals surface area contributed by atoms with E-state index in [0.717, 1.165) is 12.8 Å². The van der Waals surface area contributed by atoms with E-state index in [1.54, 1.807) is 0 Å². The lowest BCUT2D eigenvalue weighted by Crippen LogP contribution is -2.23. The lowest BCUT2D eigenvalue weighted by atomic mass is 9.96. The smallest absolute Gasteiger partial charge is 0.238 e. The van der Waals surface area contributed by atoms with Crippen LogP contribution in [0.5, 0.6) is 0 Å². The number of nitrogens with zero attached hydrogens (tertiary/aromatic N) is 1. The lowest BCUT2D eigenvalue weighted by molar-refractivity contribution is -0.119. The van der Waals surface area contributed by atoms with Crippen LogP contribution in [0.4, 0.5) is 0 Å². The molecule has 0 aliphatic heterocycles. The first-order valence-corrected chi connectivity index (χ1v) is 4.57. The van der Waals surface area contributed by atoms with Crippen LogP contribution in [0.25, 0.3) is 0 Å². The van der Waals surface area contributed by atoms with Gasteiger partial charge in [-0.05, 0) is 30.9 Å². The number of nitrogens with two attached hydrogens (primary N) is 1. The summed E-state index contributed by atoms with van der Waals surface area (Å²) in [6, 6.07) is 1.82. The summed E-state index contributed by atoms with van der Waals surface area (Å²) in [4.78, 5) is 22.1. The Hall–Kier alpha value is -1.63. The summed E-state index contributed by atoms with van der Waals surface area (Å²) < 4.78 is 0. The van der Waals surface area contributed by atoms with Crippen molar-refractivity contribution in [3.63, 3.8) is 0 Å². The van der Waals surface area contributed by atoms with E-state index in [1.807, 2.05) is 6.07 Å². The number of rotatable bonds is 2. The predicted molar refractivity (Wildman–Crippen MR) is 49.9 cm³/mol. The number of nitriles is 1. The van der Waals surface area contributed by atoms with E-state index in [0.29, 0.717) is 18.4 Å². The number of hydrogen-bond acceptors (Lipinski definition) is 3. The van der Waals surface area contributed by atoms with Crippen LogP contribution >= 0.6 is 0 Å².